The fourth-order valence-corrected chi connectivity index (χ4v) is 4.42. The highest BCUT2D eigenvalue weighted by atomic mass is 79.9. The number of aliphatic hydroxyl groups is 1. The number of carbonyl (C=O) groups is 2. The van der Waals surface area contributed by atoms with Crippen LogP contribution in [-0.4, -0.2) is 30.0 Å². The number of ketones is 1. The Morgan fingerprint density at radius 2 is 1.63 bits per heavy atom. The lowest BCUT2D eigenvalue weighted by atomic mass is 9.94. The topological polar surface area (TPSA) is 76.1 Å². The number of aliphatic hydroxyl groups excluding tert-OH is 1. The number of benzene rings is 3. The van der Waals surface area contributed by atoms with E-state index in [4.69, 9.17) is 9.47 Å². The molecule has 3 aromatic rings. The summed E-state index contributed by atoms with van der Waals surface area (Å²) >= 11 is 3.46. The molecular formula is C28H26BrNO5. The molecule has 1 heterocycles. The molecule has 3 aromatic carbocycles. The summed E-state index contributed by atoms with van der Waals surface area (Å²) in [5.41, 5.74) is 2.55. The SMILES string of the molecule is CCOc1ccc(N2C(=O)C(=O)/C(=C(\O)c3ccc(Br)c(C)c3)C2c2cccc(OCC)c2)cc1. The third-order valence-electron chi connectivity index (χ3n) is 5.79. The zero-order chi connectivity index (χ0) is 25.1. The van der Waals surface area contributed by atoms with E-state index in [-0.39, 0.29) is 11.3 Å². The first-order valence-corrected chi connectivity index (χ1v) is 12.2. The Kier molecular flexibility index (Phi) is 7.26. The molecule has 0 bridgehead atoms. The maximum atomic E-state index is 13.3. The van der Waals surface area contributed by atoms with Gasteiger partial charge in [0.2, 0.25) is 0 Å². The molecule has 4 rings (SSSR count). The van der Waals surface area contributed by atoms with Gasteiger partial charge in [-0.1, -0.05) is 34.1 Å². The first-order chi connectivity index (χ1) is 16.8. The molecule has 1 N–H and O–H groups in total. The second-order valence-electron chi connectivity index (χ2n) is 8.07. The summed E-state index contributed by atoms with van der Waals surface area (Å²) in [6.45, 7) is 6.65. The molecule has 0 radical (unpaired) electrons. The molecule has 1 fully saturated rings. The van der Waals surface area contributed by atoms with Crippen LogP contribution in [0, 0.1) is 6.92 Å². The Hall–Kier alpha value is -3.58. The molecule has 1 aliphatic heterocycles. The van der Waals surface area contributed by atoms with Gasteiger partial charge in [-0.25, -0.2) is 0 Å². The van der Waals surface area contributed by atoms with Crippen molar-refractivity contribution in [2.75, 3.05) is 18.1 Å². The Labute approximate surface area is 212 Å². The Morgan fingerprint density at radius 3 is 2.29 bits per heavy atom. The van der Waals surface area contributed by atoms with Gasteiger partial charge < -0.3 is 14.6 Å². The van der Waals surface area contributed by atoms with Crippen molar-refractivity contribution in [1.29, 1.82) is 0 Å². The number of aryl methyl sites for hydroxylation is 1. The lowest BCUT2D eigenvalue weighted by Gasteiger charge is -2.26. The number of nitrogens with zero attached hydrogens (tertiary/aromatic N) is 1. The highest BCUT2D eigenvalue weighted by molar-refractivity contribution is 9.10. The van der Waals surface area contributed by atoms with Crippen LogP contribution in [0.5, 0.6) is 11.5 Å². The molecule has 1 atom stereocenters. The minimum atomic E-state index is -0.836. The van der Waals surface area contributed by atoms with Gasteiger partial charge >= 0.3 is 0 Å². The summed E-state index contributed by atoms with van der Waals surface area (Å²) in [4.78, 5) is 28.1. The summed E-state index contributed by atoms with van der Waals surface area (Å²) in [6.07, 6.45) is 0. The zero-order valence-electron chi connectivity index (χ0n) is 19.7. The van der Waals surface area contributed by atoms with Crippen LogP contribution < -0.4 is 14.4 Å². The van der Waals surface area contributed by atoms with Gasteiger partial charge in [-0.2, -0.15) is 0 Å². The van der Waals surface area contributed by atoms with E-state index in [2.05, 4.69) is 15.9 Å². The average molecular weight is 536 g/mol. The predicted octanol–water partition coefficient (Wildman–Crippen LogP) is 6.18. The van der Waals surface area contributed by atoms with E-state index in [1.165, 1.54) is 4.90 Å². The molecule has 1 saturated heterocycles. The van der Waals surface area contributed by atoms with E-state index in [9.17, 15) is 14.7 Å². The Balaban J connectivity index is 1.91. The third kappa shape index (κ3) is 4.82. The second-order valence-corrected chi connectivity index (χ2v) is 8.92. The van der Waals surface area contributed by atoms with Gasteiger partial charge in [0.05, 0.1) is 24.8 Å². The van der Waals surface area contributed by atoms with Crippen molar-refractivity contribution in [1.82, 2.24) is 0 Å². The van der Waals surface area contributed by atoms with E-state index in [0.29, 0.717) is 41.5 Å². The summed E-state index contributed by atoms with van der Waals surface area (Å²) in [5.74, 6) is -0.408. The molecule has 0 aliphatic carbocycles. The molecule has 0 spiro atoms. The smallest absolute Gasteiger partial charge is 0.300 e. The maximum absolute atomic E-state index is 13.3. The Bertz CT molecular complexity index is 1300. The van der Waals surface area contributed by atoms with Crippen molar-refractivity contribution in [3.63, 3.8) is 0 Å². The van der Waals surface area contributed by atoms with Gasteiger partial charge in [0.15, 0.2) is 0 Å². The van der Waals surface area contributed by atoms with Crippen molar-refractivity contribution in [2.45, 2.75) is 26.8 Å². The van der Waals surface area contributed by atoms with Crippen LogP contribution in [-0.2, 0) is 9.59 Å². The molecule has 1 amide bonds. The molecule has 35 heavy (non-hydrogen) atoms. The number of rotatable bonds is 7. The summed E-state index contributed by atoms with van der Waals surface area (Å²) in [7, 11) is 0. The molecule has 1 unspecified atom stereocenters. The summed E-state index contributed by atoms with van der Waals surface area (Å²) < 4.78 is 12.1. The fourth-order valence-electron chi connectivity index (χ4n) is 4.17. The van der Waals surface area contributed by atoms with Crippen molar-refractivity contribution in [3.05, 3.63) is 93.5 Å². The van der Waals surface area contributed by atoms with Crippen molar-refractivity contribution < 1.29 is 24.2 Å². The Morgan fingerprint density at radius 1 is 0.943 bits per heavy atom. The van der Waals surface area contributed by atoms with Gasteiger partial charge in [-0.15, -0.1) is 0 Å². The number of anilines is 1. The van der Waals surface area contributed by atoms with E-state index >= 15 is 0 Å². The molecule has 1 aliphatic rings. The standard InChI is InChI=1S/C28H26BrNO5/c1-4-34-21-12-10-20(11-13-21)30-25(18-7-6-8-22(16-18)35-5-2)24(27(32)28(30)33)26(31)19-9-14-23(29)17(3)15-19/h6-16,25,31H,4-5H2,1-3H3/b26-24-. The number of hydrogen-bond acceptors (Lipinski definition) is 5. The van der Waals surface area contributed by atoms with Crippen LogP contribution in [0.4, 0.5) is 5.69 Å². The van der Waals surface area contributed by atoms with Gasteiger partial charge in [0.25, 0.3) is 11.7 Å². The zero-order valence-corrected chi connectivity index (χ0v) is 21.3. The molecule has 0 saturated carbocycles. The van der Waals surface area contributed by atoms with Crippen LogP contribution in [0.2, 0.25) is 0 Å². The van der Waals surface area contributed by atoms with Gasteiger partial charge in [0.1, 0.15) is 17.3 Å². The van der Waals surface area contributed by atoms with Crippen LogP contribution >= 0.6 is 15.9 Å². The van der Waals surface area contributed by atoms with Gasteiger partial charge in [0, 0.05) is 15.7 Å². The van der Waals surface area contributed by atoms with Crippen molar-refractivity contribution >= 4 is 39.1 Å². The lowest BCUT2D eigenvalue weighted by Crippen LogP contribution is -2.29. The quantitative estimate of drug-likeness (QED) is 0.222. The van der Waals surface area contributed by atoms with Crippen LogP contribution in [0.15, 0.2) is 76.8 Å². The minimum Gasteiger partial charge on any atom is -0.507 e. The lowest BCUT2D eigenvalue weighted by molar-refractivity contribution is -0.132. The fraction of sp³-hybridized carbons (Fsp3) is 0.214. The molecule has 0 aromatic heterocycles. The van der Waals surface area contributed by atoms with Crippen LogP contribution in [0.25, 0.3) is 5.76 Å². The van der Waals surface area contributed by atoms with Crippen molar-refractivity contribution in [3.8, 4) is 11.5 Å². The number of Topliss-reactive ketones (excluding diaryl/α,β-unsaturated/α-hetero) is 1. The number of hydrogen-bond donors (Lipinski definition) is 1. The van der Waals surface area contributed by atoms with Gasteiger partial charge in [-0.05, 0) is 80.4 Å². The molecule has 180 valence electrons. The van der Waals surface area contributed by atoms with Gasteiger partial charge in [-0.3, -0.25) is 14.5 Å². The van der Waals surface area contributed by atoms with Crippen LogP contribution in [0.1, 0.15) is 36.6 Å². The number of carbonyl (C=O) groups excluding carboxylic acids is 2. The van der Waals surface area contributed by atoms with E-state index in [1.807, 2.05) is 39.0 Å². The second kappa shape index (κ2) is 10.4. The number of halogens is 1. The average Bonchev–Trinajstić information content (AvgIpc) is 3.12. The number of ether oxygens (including phenoxy) is 2. The first-order valence-electron chi connectivity index (χ1n) is 11.4. The largest absolute Gasteiger partial charge is 0.507 e. The normalized spacial score (nSPS) is 17.0. The third-order valence-corrected chi connectivity index (χ3v) is 6.68. The molecule has 6 nitrogen and oxygen atoms in total. The van der Waals surface area contributed by atoms with E-state index in [0.717, 1.165) is 10.0 Å². The molecular weight excluding hydrogens is 510 g/mol. The molecule has 7 heteroatoms. The van der Waals surface area contributed by atoms with E-state index in [1.54, 1.807) is 48.5 Å². The first kappa shape index (κ1) is 24.5. The predicted molar refractivity (Wildman–Crippen MR) is 139 cm³/mol. The summed E-state index contributed by atoms with van der Waals surface area (Å²) in [5, 5.41) is 11.3. The monoisotopic (exact) mass is 535 g/mol. The van der Waals surface area contributed by atoms with E-state index < -0.39 is 17.7 Å². The van der Waals surface area contributed by atoms with Crippen LogP contribution in [0.3, 0.4) is 0 Å². The summed E-state index contributed by atoms with van der Waals surface area (Å²) in [6, 6.07) is 18.7. The number of amides is 1. The van der Waals surface area contributed by atoms with Crippen molar-refractivity contribution in [2.24, 2.45) is 0 Å². The highest BCUT2D eigenvalue weighted by Gasteiger charge is 2.47. The maximum Gasteiger partial charge on any atom is 0.300 e. The minimum absolute atomic E-state index is 0.0271. The highest BCUT2D eigenvalue weighted by Crippen LogP contribution is 2.43.